The Morgan fingerprint density at radius 1 is 1.21 bits per heavy atom. The molecule has 0 radical (unpaired) electrons. The van der Waals surface area contributed by atoms with E-state index >= 15 is 0 Å². The molecule has 0 aliphatic carbocycles. The molecule has 0 spiro atoms. The molecule has 0 unspecified atom stereocenters. The third kappa shape index (κ3) is 3.94. The van der Waals surface area contributed by atoms with Crippen LogP contribution in [0.5, 0.6) is 0 Å². The Kier molecular flexibility index (Phi) is 5.18. The van der Waals surface area contributed by atoms with Gasteiger partial charge in [0, 0.05) is 13.1 Å². The molecule has 2 rings (SSSR count). The highest BCUT2D eigenvalue weighted by atomic mass is 16.8. The number of carbonyl (C=O) groups excluding carboxylic acids is 1. The van der Waals surface area contributed by atoms with E-state index < -0.39 is 6.09 Å². The minimum atomic E-state index is -0.491. The number of hydrogen-bond acceptors (Lipinski definition) is 4. The summed E-state index contributed by atoms with van der Waals surface area (Å²) in [4.78, 5) is 22.9. The quantitative estimate of drug-likeness (QED) is 0.784. The molecule has 0 atom stereocenters. The lowest BCUT2D eigenvalue weighted by molar-refractivity contribution is -0.116. The standard InChI is InChI=1S/C14H20N2O3/c1-2-18-16(13-9-5-3-6-10-13)14(17)19-15-11-7-4-8-12-15/h3,5-6,9-10H,2,4,7-8,11-12H2,1H3. The molecule has 1 heterocycles. The first-order valence-electron chi connectivity index (χ1n) is 6.76. The fourth-order valence-electron chi connectivity index (χ4n) is 2.03. The lowest BCUT2D eigenvalue weighted by Crippen LogP contribution is -2.39. The molecule has 1 aromatic carbocycles. The molecule has 0 saturated carbocycles. The van der Waals surface area contributed by atoms with E-state index in [2.05, 4.69) is 0 Å². The van der Waals surface area contributed by atoms with Gasteiger partial charge >= 0.3 is 6.09 Å². The molecule has 19 heavy (non-hydrogen) atoms. The van der Waals surface area contributed by atoms with Crippen LogP contribution < -0.4 is 5.06 Å². The number of amides is 1. The Balaban J connectivity index is 1.99. The molecule has 1 aliphatic rings. The minimum Gasteiger partial charge on any atom is -0.349 e. The van der Waals surface area contributed by atoms with Gasteiger partial charge in [-0.1, -0.05) is 24.6 Å². The van der Waals surface area contributed by atoms with Gasteiger partial charge in [-0.15, -0.1) is 5.06 Å². The predicted molar refractivity (Wildman–Crippen MR) is 72.5 cm³/mol. The smallest absolute Gasteiger partial charge is 0.349 e. The molecule has 0 N–H and O–H groups in total. The highest BCUT2D eigenvalue weighted by Gasteiger charge is 2.22. The number of rotatable bonds is 4. The summed E-state index contributed by atoms with van der Waals surface area (Å²) in [5.74, 6) is 0. The zero-order chi connectivity index (χ0) is 13.5. The molecule has 5 heteroatoms. The zero-order valence-corrected chi connectivity index (χ0v) is 11.2. The summed E-state index contributed by atoms with van der Waals surface area (Å²) in [6.45, 7) is 3.83. The maximum Gasteiger partial charge on any atom is 0.457 e. The Morgan fingerprint density at radius 3 is 2.53 bits per heavy atom. The molecular weight excluding hydrogens is 244 g/mol. The first kappa shape index (κ1) is 13.8. The fourth-order valence-corrected chi connectivity index (χ4v) is 2.03. The topological polar surface area (TPSA) is 42.0 Å². The Morgan fingerprint density at radius 2 is 1.89 bits per heavy atom. The molecule has 1 aliphatic heterocycles. The van der Waals surface area contributed by atoms with Gasteiger partial charge < -0.3 is 4.84 Å². The maximum absolute atomic E-state index is 12.1. The third-order valence-electron chi connectivity index (χ3n) is 2.94. The van der Waals surface area contributed by atoms with Gasteiger partial charge in [-0.05, 0) is 31.9 Å². The number of hydroxylamine groups is 3. The van der Waals surface area contributed by atoms with Gasteiger partial charge in [0.2, 0.25) is 0 Å². The van der Waals surface area contributed by atoms with Crippen LogP contribution in [0.1, 0.15) is 26.2 Å². The number of para-hydroxylation sites is 1. The Hall–Kier alpha value is -1.59. The van der Waals surface area contributed by atoms with Crippen molar-refractivity contribution in [3.05, 3.63) is 30.3 Å². The number of anilines is 1. The van der Waals surface area contributed by atoms with Crippen LogP contribution in [0.4, 0.5) is 10.5 Å². The SMILES string of the molecule is CCON(C(=O)ON1CCCCC1)c1ccccc1. The van der Waals surface area contributed by atoms with Gasteiger partial charge in [0.1, 0.15) is 0 Å². The van der Waals surface area contributed by atoms with E-state index in [1.165, 1.54) is 11.5 Å². The molecule has 1 amide bonds. The lowest BCUT2D eigenvalue weighted by atomic mass is 10.2. The summed E-state index contributed by atoms with van der Waals surface area (Å²) >= 11 is 0. The Labute approximate surface area is 113 Å². The number of hydrogen-bond donors (Lipinski definition) is 0. The fraction of sp³-hybridized carbons (Fsp3) is 0.500. The van der Waals surface area contributed by atoms with Crippen molar-refractivity contribution in [2.45, 2.75) is 26.2 Å². The van der Waals surface area contributed by atoms with Crippen LogP contribution in [0.25, 0.3) is 0 Å². The van der Waals surface area contributed by atoms with Crippen molar-refractivity contribution in [1.29, 1.82) is 0 Å². The van der Waals surface area contributed by atoms with Gasteiger partial charge in [0.05, 0.1) is 12.3 Å². The maximum atomic E-state index is 12.1. The van der Waals surface area contributed by atoms with E-state index in [4.69, 9.17) is 9.68 Å². The van der Waals surface area contributed by atoms with Crippen molar-refractivity contribution in [2.24, 2.45) is 0 Å². The van der Waals surface area contributed by atoms with Gasteiger partial charge in [-0.25, -0.2) is 4.79 Å². The molecule has 0 bridgehead atoms. The van der Waals surface area contributed by atoms with Gasteiger partial charge in [-0.3, -0.25) is 4.84 Å². The van der Waals surface area contributed by atoms with Crippen LogP contribution >= 0.6 is 0 Å². The summed E-state index contributed by atoms with van der Waals surface area (Å²) in [6.07, 6.45) is 2.83. The molecule has 1 aromatic rings. The van der Waals surface area contributed by atoms with E-state index in [0.717, 1.165) is 25.9 Å². The van der Waals surface area contributed by atoms with Crippen LogP contribution in [-0.4, -0.2) is 30.9 Å². The zero-order valence-electron chi connectivity index (χ0n) is 11.2. The number of benzene rings is 1. The van der Waals surface area contributed by atoms with E-state index in [-0.39, 0.29) is 0 Å². The number of carbonyl (C=O) groups is 1. The average molecular weight is 264 g/mol. The monoisotopic (exact) mass is 264 g/mol. The van der Waals surface area contributed by atoms with Crippen LogP contribution in [0.15, 0.2) is 30.3 Å². The predicted octanol–water partition coefficient (Wildman–Crippen LogP) is 2.98. The second-order valence-corrected chi connectivity index (χ2v) is 4.39. The van der Waals surface area contributed by atoms with E-state index in [0.29, 0.717) is 12.3 Å². The van der Waals surface area contributed by atoms with E-state index in [1.807, 2.05) is 37.3 Å². The van der Waals surface area contributed by atoms with Crippen molar-refractivity contribution in [3.8, 4) is 0 Å². The van der Waals surface area contributed by atoms with E-state index in [9.17, 15) is 4.79 Å². The largest absolute Gasteiger partial charge is 0.457 e. The first-order chi connectivity index (χ1) is 9.31. The first-order valence-corrected chi connectivity index (χ1v) is 6.76. The minimum absolute atomic E-state index is 0.407. The van der Waals surface area contributed by atoms with Gasteiger partial charge in [0.15, 0.2) is 0 Å². The van der Waals surface area contributed by atoms with Crippen molar-refractivity contribution in [2.75, 3.05) is 24.8 Å². The molecule has 0 aromatic heterocycles. The average Bonchev–Trinajstić information content (AvgIpc) is 2.46. The van der Waals surface area contributed by atoms with Crippen molar-refractivity contribution in [1.82, 2.24) is 5.06 Å². The number of piperidine rings is 1. The highest BCUT2D eigenvalue weighted by Crippen LogP contribution is 2.17. The summed E-state index contributed by atoms with van der Waals surface area (Å²) in [6, 6.07) is 9.23. The number of nitrogens with zero attached hydrogens (tertiary/aromatic N) is 2. The summed E-state index contributed by atoms with van der Waals surface area (Å²) in [7, 11) is 0. The second kappa shape index (κ2) is 7.11. The summed E-state index contributed by atoms with van der Waals surface area (Å²) in [5.41, 5.74) is 0.673. The van der Waals surface area contributed by atoms with Crippen LogP contribution in [-0.2, 0) is 9.68 Å². The van der Waals surface area contributed by atoms with Crippen molar-refractivity contribution in [3.63, 3.8) is 0 Å². The van der Waals surface area contributed by atoms with Crippen LogP contribution in [0, 0.1) is 0 Å². The van der Waals surface area contributed by atoms with E-state index in [1.54, 1.807) is 5.06 Å². The van der Waals surface area contributed by atoms with Gasteiger partial charge in [-0.2, -0.15) is 5.06 Å². The normalized spacial score (nSPS) is 16.1. The van der Waals surface area contributed by atoms with Gasteiger partial charge in [0.25, 0.3) is 0 Å². The lowest BCUT2D eigenvalue weighted by Gasteiger charge is -2.28. The third-order valence-corrected chi connectivity index (χ3v) is 2.94. The second-order valence-electron chi connectivity index (χ2n) is 4.39. The van der Waals surface area contributed by atoms with Crippen LogP contribution in [0.3, 0.4) is 0 Å². The van der Waals surface area contributed by atoms with Crippen LogP contribution in [0.2, 0.25) is 0 Å². The molecule has 5 nitrogen and oxygen atoms in total. The molecule has 1 saturated heterocycles. The molecule has 1 fully saturated rings. The Bertz CT molecular complexity index is 391. The molecular formula is C14H20N2O3. The van der Waals surface area contributed by atoms with Crippen molar-refractivity contribution >= 4 is 11.8 Å². The highest BCUT2D eigenvalue weighted by molar-refractivity contribution is 5.85. The van der Waals surface area contributed by atoms with Crippen molar-refractivity contribution < 1.29 is 14.5 Å². The molecule has 104 valence electrons. The summed E-state index contributed by atoms with van der Waals surface area (Å²) in [5, 5.41) is 2.91. The summed E-state index contributed by atoms with van der Waals surface area (Å²) < 4.78 is 0.